The van der Waals surface area contributed by atoms with Crippen LogP contribution in [0.3, 0.4) is 0 Å². The predicted molar refractivity (Wildman–Crippen MR) is 66.8 cm³/mol. The standard InChI is InChI=1S/C11H11F3INO/c12-8-5-7(6-9(13)10(8)14)11(17)16-4-2-1-3-15/h5-6H,1-4H2,(H,16,17). The zero-order valence-corrected chi connectivity index (χ0v) is 11.1. The number of carbonyl (C=O) groups is 1. The van der Waals surface area contributed by atoms with E-state index in [9.17, 15) is 18.0 Å². The van der Waals surface area contributed by atoms with Gasteiger partial charge in [-0.25, -0.2) is 13.2 Å². The van der Waals surface area contributed by atoms with Gasteiger partial charge >= 0.3 is 0 Å². The molecule has 1 aromatic carbocycles. The van der Waals surface area contributed by atoms with Gasteiger partial charge in [-0.3, -0.25) is 4.79 Å². The topological polar surface area (TPSA) is 29.1 Å². The molecular formula is C11H11F3INO. The molecule has 0 heterocycles. The minimum atomic E-state index is -1.56. The molecule has 0 radical (unpaired) electrons. The summed E-state index contributed by atoms with van der Waals surface area (Å²) in [6.45, 7) is 0.433. The highest BCUT2D eigenvalue weighted by Gasteiger charge is 2.14. The van der Waals surface area contributed by atoms with Crippen LogP contribution in [0.4, 0.5) is 13.2 Å². The molecule has 0 atom stereocenters. The van der Waals surface area contributed by atoms with Gasteiger partial charge in [0.05, 0.1) is 0 Å². The summed E-state index contributed by atoms with van der Waals surface area (Å²) in [6.07, 6.45) is 1.74. The molecule has 6 heteroatoms. The van der Waals surface area contributed by atoms with Gasteiger partial charge in [0.2, 0.25) is 0 Å². The Morgan fingerprint density at radius 1 is 1.18 bits per heavy atom. The van der Waals surface area contributed by atoms with Gasteiger partial charge in [0, 0.05) is 12.1 Å². The fourth-order valence-corrected chi connectivity index (χ4v) is 1.75. The van der Waals surface area contributed by atoms with Gasteiger partial charge in [-0.05, 0) is 29.4 Å². The zero-order valence-electron chi connectivity index (χ0n) is 8.90. The van der Waals surface area contributed by atoms with Crippen molar-refractivity contribution in [1.82, 2.24) is 5.32 Å². The van der Waals surface area contributed by atoms with Crippen molar-refractivity contribution in [1.29, 1.82) is 0 Å². The number of hydrogen-bond donors (Lipinski definition) is 1. The predicted octanol–water partition coefficient (Wildman–Crippen LogP) is 3.05. The number of halogens is 4. The van der Waals surface area contributed by atoms with E-state index >= 15 is 0 Å². The van der Waals surface area contributed by atoms with E-state index in [1.54, 1.807) is 0 Å². The number of benzene rings is 1. The van der Waals surface area contributed by atoms with Crippen molar-refractivity contribution in [3.63, 3.8) is 0 Å². The van der Waals surface area contributed by atoms with Crippen molar-refractivity contribution in [3.8, 4) is 0 Å². The SMILES string of the molecule is O=C(NCCCCI)c1cc(F)c(F)c(F)c1. The third-order valence-electron chi connectivity index (χ3n) is 2.09. The number of hydrogen-bond acceptors (Lipinski definition) is 1. The van der Waals surface area contributed by atoms with Gasteiger partial charge in [0.15, 0.2) is 17.5 Å². The summed E-state index contributed by atoms with van der Waals surface area (Å²) in [6, 6.07) is 1.37. The van der Waals surface area contributed by atoms with Crippen LogP contribution in [-0.4, -0.2) is 16.9 Å². The van der Waals surface area contributed by atoms with Gasteiger partial charge in [-0.15, -0.1) is 0 Å². The second-order valence-corrected chi connectivity index (χ2v) is 4.48. The molecule has 0 aromatic heterocycles. The van der Waals surface area contributed by atoms with E-state index in [4.69, 9.17) is 0 Å². The molecule has 1 aromatic rings. The highest BCUT2D eigenvalue weighted by Crippen LogP contribution is 2.13. The lowest BCUT2D eigenvalue weighted by Gasteiger charge is -2.05. The van der Waals surface area contributed by atoms with E-state index in [0.717, 1.165) is 17.3 Å². The van der Waals surface area contributed by atoms with E-state index in [0.29, 0.717) is 18.7 Å². The Morgan fingerprint density at radius 2 is 1.76 bits per heavy atom. The molecule has 0 aliphatic rings. The lowest BCUT2D eigenvalue weighted by Crippen LogP contribution is -2.24. The lowest BCUT2D eigenvalue weighted by molar-refractivity contribution is 0.0952. The molecule has 0 saturated heterocycles. The first-order chi connectivity index (χ1) is 8.06. The van der Waals surface area contributed by atoms with Crippen molar-refractivity contribution in [2.75, 3.05) is 11.0 Å². The quantitative estimate of drug-likeness (QED) is 0.373. The van der Waals surface area contributed by atoms with E-state index in [-0.39, 0.29) is 5.56 Å². The number of carbonyl (C=O) groups excluding carboxylic acids is 1. The molecule has 0 bridgehead atoms. The van der Waals surface area contributed by atoms with Crippen molar-refractivity contribution in [3.05, 3.63) is 35.1 Å². The summed E-state index contributed by atoms with van der Waals surface area (Å²) in [4.78, 5) is 11.5. The summed E-state index contributed by atoms with van der Waals surface area (Å²) < 4.78 is 39.3. The van der Waals surface area contributed by atoms with E-state index < -0.39 is 23.4 Å². The zero-order chi connectivity index (χ0) is 12.8. The number of alkyl halides is 1. The summed E-state index contributed by atoms with van der Waals surface area (Å²) in [7, 11) is 0. The Balaban J connectivity index is 2.63. The Labute approximate surface area is 111 Å². The fraction of sp³-hybridized carbons (Fsp3) is 0.364. The van der Waals surface area contributed by atoms with E-state index in [1.165, 1.54) is 0 Å². The molecule has 0 unspecified atom stereocenters. The molecule has 1 rings (SSSR count). The Kier molecular flexibility index (Phi) is 5.73. The fourth-order valence-electron chi connectivity index (χ4n) is 1.21. The maximum absolute atomic E-state index is 12.8. The third-order valence-corrected chi connectivity index (χ3v) is 2.85. The van der Waals surface area contributed by atoms with Gasteiger partial charge in [0.25, 0.3) is 5.91 Å². The Bertz CT molecular complexity index is 389. The maximum atomic E-state index is 12.8. The minimum Gasteiger partial charge on any atom is -0.352 e. The van der Waals surface area contributed by atoms with Crippen molar-refractivity contribution < 1.29 is 18.0 Å². The number of nitrogens with one attached hydrogen (secondary N) is 1. The third kappa shape index (κ3) is 4.18. The van der Waals surface area contributed by atoms with Crippen LogP contribution in [0.15, 0.2) is 12.1 Å². The van der Waals surface area contributed by atoms with Crippen molar-refractivity contribution in [2.45, 2.75) is 12.8 Å². The molecule has 0 fully saturated rings. The van der Waals surface area contributed by atoms with Crippen molar-refractivity contribution >= 4 is 28.5 Å². The minimum absolute atomic E-state index is 0.212. The first-order valence-electron chi connectivity index (χ1n) is 5.05. The van der Waals surface area contributed by atoms with Crippen LogP contribution in [0.25, 0.3) is 0 Å². The average molecular weight is 357 g/mol. The van der Waals surface area contributed by atoms with Crippen LogP contribution >= 0.6 is 22.6 Å². The van der Waals surface area contributed by atoms with Gasteiger partial charge in [0.1, 0.15) is 0 Å². The molecule has 2 nitrogen and oxygen atoms in total. The highest BCUT2D eigenvalue weighted by atomic mass is 127. The summed E-state index contributed by atoms with van der Waals surface area (Å²) in [5, 5.41) is 2.51. The molecule has 17 heavy (non-hydrogen) atoms. The van der Waals surface area contributed by atoms with Gasteiger partial charge in [-0.2, -0.15) is 0 Å². The molecule has 0 aliphatic heterocycles. The summed E-state index contributed by atoms with van der Waals surface area (Å²) in [5.74, 6) is -4.88. The van der Waals surface area contributed by atoms with Crippen molar-refractivity contribution in [2.24, 2.45) is 0 Å². The normalized spacial score (nSPS) is 10.4. The monoisotopic (exact) mass is 357 g/mol. The second-order valence-electron chi connectivity index (χ2n) is 3.41. The summed E-state index contributed by atoms with van der Waals surface area (Å²) >= 11 is 2.21. The molecule has 0 spiro atoms. The number of rotatable bonds is 5. The number of unbranched alkanes of at least 4 members (excludes halogenated alkanes) is 1. The average Bonchev–Trinajstić information content (AvgIpc) is 2.30. The van der Waals surface area contributed by atoms with Crippen LogP contribution < -0.4 is 5.32 Å². The van der Waals surface area contributed by atoms with Gasteiger partial charge < -0.3 is 5.32 Å². The second kappa shape index (κ2) is 6.83. The molecule has 94 valence electrons. The molecule has 1 amide bonds. The Morgan fingerprint density at radius 3 is 2.29 bits per heavy atom. The van der Waals surface area contributed by atoms with Gasteiger partial charge in [-0.1, -0.05) is 22.6 Å². The first kappa shape index (κ1) is 14.3. The molecule has 0 saturated carbocycles. The Hall–Kier alpha value is -0.790. The van der Waals surface area contributed by atoms with Crippen LogP contribution in [0.2, 0.25) is 0 Å². The molecular weight excluding hydrogens is 346 g/mol. The first-order valence-corrected chi connectivity index (χ1v) is 6.57. The van der Waals surface area contributed by atoms with Crippen LogP contribution in [-0.2, 0) is 0 Å². The summed E-state index contributed by atoms with van der Waals surface area (Å²) in [5.41, 5.74) is -0.212. The number of amides is 1. The molecule has 0 aliphatic carbocycles. The highest BCUT2D eigenvalue weighted by molar-refractivity contribution is 14.1. The molecule has 1 N–H and O–H groups in total. The van der Waals surface area contributed by atoms with Crippen LogP contribution in [0.5, 0.6) is 0 Å². The maximum Gasteiger partial charge on any atom is 0.251 e. The van der Waals surface area contributed by atoms with E-state index in [1.807, 2.05) is 0 Å². The van der Waals surface area contributed by atoms with Crippen LogP contribution in [0, 0.1) is 17.5 Å². The largest absolute Gasteiger partial charge is 0.352 e. The lowest BCUT2D eigenvalue weighted by atomic mass is 10.2. The smallest absolute Gasteiger partial charge is 0.251 e. The van der Waals surface area contributed by atoms with Crippen LogP contribution in [0.1, 0.15) is 23.2 Å². The van der Waals surface area contributed by atoms with E-state index in [2.05, 4.69) is 27.9 Å².